The zero-order valence-corrected chi connectivity index (χ0v) is 12.4. The van der Waals surface area contributed by atoms with Crippen molar-refractivity contribution in [3.8, 4) is 11.1 Å². The van der Waals surface area contributed by atoms with Gasteiger partial charge in [0.05, 0.1) is 11.2 Å². The average Bonchev–Trinajstić information content (AvgIpc) is 2.84. The molecule has 0 bridgehead atoms. The normalized spacial score (nSPS) is 11.0. The van der Waals surface area contributed by atoms with Gasteiger partial charge in [0, 0.05) is 23.3 Å². The van der Waals surface area contributed by atoms with E-state index in [0.717, 1.165) is 40.0 Å². The van der Waals surface area contributed by atoms with Gasteiger partial charge < -0.3 is 5.11 Å². The number of carboxylic acids is 1. The summed E-state index contributed by atoms with van der Waals surface area (Å²) in [5, 5.41) is 14.4. The highest BCUT2D eigenvalue weighted by Crippen LogP contribution is 2.26. The second-order valence-corrected chi connectivity index (χ2v) is 5.10. The molecule has 0 aliphatic heterocycles. The second-order valence-electron chi connectivity index (χ2n) is 5.10. The van der Waals surface area contributed by atoms with E-state index in [1.54, 1.807) is 12.4 Å². The number of nitrogens with zero attached hydrogens (tertiary/aromatic N) is 4. The zero-order valence-electron chi connectivity index (χ0n) is 12.4. The van der Waals surface area contributed by atoms with Gasteiger partial charge in [0.25, 0.3) is 0 Å². The molecule has 0 amide bonds. The molecule has 2 aromatic heterocycles. The van der Waals surface area contributed by atoms with E-state index < -0.39 is 5.97 Å². The molecule has 0 radical (unpaired) electrons. The van der Waals surface area contributed by atoms with Crippen molar-refractivity contribution in [1.82, 2.24) is 19.7 Å². The maximum atomic E-state index is 11.0. The Balaban J connectivity index is 2.12. The van der Waals surface area contributed by atoms with Crippen molar-refractivity contribution in [3.05, 3.63) is 42.1 Å². The van der Waals surface area contributed by atoms with E-state index in [4.69, 9.17) is 5.11 Å². The Morgan fingerprint density at radius 3 is 2.59 bits per heavy atom. The minimum atomic E-state index is -0.900. The van der Waals surface area contributed by atoms with Gasteiger partial charge in [-0.05, 0) is 31.0 Å². The minimum Gasteiger partial charge on any atom is -0.480 e. The molecule has 0 fully saturated rings. The van der Waals surface area contributed by atoms with Gasteiger partial charge in [0.15, 0.2) is 0 Å². The first-order valence-corrected chi connectivity index (χ1v) is 7.08. The van der Waals surface area contributed by atoms with Gasteiger partial charge in [-0.2, -0.15) is 5.10 Å². The third kappa shape index (κ3) is 2.55. The summed E-state index contributed by atoms with van der Waals surface area (Å²) in [6.07, 6.45) is 4.32. The summed E-state index contributed by atoms with van der Waals surface area (Å²) in [7, 11) is 0. The summed E-state index contributed by atoms with van der Waals surface area (Å²) >= 11 is 0. The standard InChI is InChI=1S/C16H16N4O2/c1-3-14-13-6-11(12-7-17-10(2)18-8-12)4-5-15(13)20(19-14)9-16(21)22/h4-8H,3,9H2,1-2H3,(H,21,22). The number of aryl methyl sites for hydroxylation is 2. The Bertz CT molecular complexity index is 837. The molecule has 1 aromatic carbocycles. The van der Waals surface area contributed by atoms with Crippen LogP contribution in [0.4, 0.5) is 0 Å². The number of aromatic nitrogens is 4. The van der Waals surface area contributed by atoms with Gasteiger partial charge in [0.1, 0.15) is 12.4 Å². The fourth-order valence-electron chi connectivity index (χ4n) is 2.48. The predicted molar refractivity (Wildman–Crippen MR) is 82.5 cm³/mol. The Morgan fingerprint density at radius 2 is 1.95 bits per heavy atom. The lowest BCUT2D eigenvalue weighted by Crippen LogP contribution is -2.10. The molecule has 6 nitrogen and oxygen atoms in total. The van der Waals surface area contributed by atoms with Crippen LogP contribution in [0.2, 0.25) is 0 Å². The molecule has 0 aliphatic carbocycles. The number of carboxylic acid groups (broad SMARTS) is 1. The molecular formula is C16H16N4O2. The summed E-state index contributed by atoms with van der Waals surface area (Å²) in [5.41, 5.74) is 3.65. The van der Waals surface area contributed by atoms with Crippen LogP contribution in [0.15, 0.2) is 30.6 Å². The van der Waals surface area contributed by atoms with E-state index in [9.17, 15) is 4.79 Å². The number of carbonyl (C=O) groups is 1. The topological polar surface area (TPSA) is 80.9 Å². The molecule has 3 aromatic rings. The first-order valence-electron chi connectivity index (χ1n) is 7.08. The molecule has 0 spiro atoms. The van der Waals surface area contributed by atoms with Crippen molar-refractivity contribution < 1.29 is 9.90 Å². The average molecular weight is 296 g/mol. The largest absolute Gasteiger partial charge is 0.480 e. The molecular weight excluding hydrogens is 280 g/mol. The molecule has 22 heavy (non-hydrogen) atoms. The summed E-state index contributed by atoms with van der Waals surface area (Å²) < 4.78 is 1.53. The Hall–Kier alpha value is -2.76. The molecule has 6 heteroatoms. The lowest BCUT2D eigenvalue weighted by atomic mass is 10.1. The van der Waals surface area contributed by atoms with Crippen LogP contribution in [0, 0.1) is 6.92 Å². The number of fused-ring (bicyclic) bond motifs is 1. The highest BCUT2D eigenvalue weighted by molar-refractivity contribution is 5.87. The van der Waals surface area contributed by atoms with Crippen LogP contribution in [0.3, 0.4) is 0 Å². The second kappa shape index (κ2) is 5.55. The lowest BCUT2D eigenvalue weighted by Gasteiger charge is -2.03. The van der Waals surface area contributed by atoms with Crippen LogP contribution in [-0.4, -0.2) is 30.8 Å². The molecule has 0 atom stereocenters. The smallest absolute Gasteiger partial charge is 0.325 e. The van der Waals surface area contributed by atoms with Gasteiger partial charge >= 0.3 is 5.97 Å². The van der Waals surface area contributed by atoms with E-state index >= 15 is 0 Å². The summed E-state index contributed by atoms with van der Waals surface area (Å²) in [6, 6.07) is 5.86. The van der Waals surface area contributed by atoms with Crippen LogP contribution in [-0.2, 0) is 17.8 Å². The highest BCUT2D eigenvalue weighted by atomic mass is 16.4. The quantitative estimate of drug-likeness (QED) is 0.799. The Morgan fingerprint density at radius 1 is 1.23 bits per heavy atom. The SMILES string of the molecule is CCc1nn(CC(=O)O)c2ccc(-c3cnc(C)nc3)cc12. The zero-order chi connectivity index (χ0) is 15.7. The summed E-state index contributed by atoms with van der Waals surface area (Å²) in [6.45, 7) is 3.72. The first kappa shape index (κ1) is 14.2. The van der Waals surface area contributed by atoms with Crippen LogP contribution < -0.4 is 0 Å². The molecule has 3 rings (SSSR count). The van der Waals surface area contributed by atoms with Crippen molar-refractivity contribution >= 4 is 16.9 Å². The molecule has 0 unspecified atom stereocenters. The number of aliphatic carboxylic acids is 1. The van der Waals surface area contributed by atoms with E-state index in [1.165, 1.54) is 4.68 Å². The maximum absolute atomic E-state index is 11.0. The third-order valence-electron chi connectivity index (χ3n) is 3.56. The number of hydrogen-bond donors (Lipinski definition) is 1. The first-order chi connectivity index (χ1) is 10.6. The molecule has 112 valence electrons. The van der Waals surface area contributed by atoms with Crippen molar-refractivity contribution in [2.75, 3.05) is 0 Å². The van der Waals surface area contributed by atoms with Crippen LogP contribution in [0.5, 0.6) is 0 Å². The van der Waals surface area contributed by atoms with Crippen molar-refractivity contribution in [1.29, 1.82) is 0 Å². The molecule has 2 heterocycles. The third-order valence-corrected chi connectivity index (χ3v) is 3.56. The minimum absolute atomic E-state index is 0.135. The fraction of sp³-hybridized carbons (Fsp3) is 0.250. The number of hydrogen-bond acceptors (Lipinski definition) is 4. The fourth-order valence-corrected chi connectivity index (χ4v) is 2.48. The highest BCUT2D eigenvalue weighted by Gasteiger charge is 2.12. The monoisotopic (exact) mass is 296 g/mol. The van der Waals surface area contributed by atoms with Crippen molar-refractivity contribution in [2.24, 2.45) is 0 Å². The predicted octanol–water partition coefficient (Wildman–Crippen LogP) is 2.45. The summed E-state index contributed by atoms with van der Waals surface area (Å²) in [5.74, 6) is -0.170. The Labute approximate surface area is 127 Å². The van der Waals surface area contributed by atoms with E-state index in [-0.39, 0.29) is 6.54 Å². The number of benzene rings is 1. The maximum Gasteiger partial charge on any atom is 0.325 e. The van der Waals surface area contributed by atoms with E-state index in [1.807, 2.05) is 32.0 Å². The van der Waals surface area contributed by atoms with Gasteiger partial charge in [-0.3, -0.25) is 9.48 Å². The van der Waals surface area contributed by atoms with Gasteiger partial charge in [-0.25, -0.2) is 9.97 Å². The van der Waals surface area contributed by atoms with Gasteiger partial charge in [-0.1, -0.05) is 13.0 Å². The van der Waals surface area contributed by atoms with Crippen LogP contribution in [0.1, 0.15) is 18.4 Å². The summed E-state index contributed by atoms with van der Waals surface area (Å²) in [4.78, 5) is 19.4. The molecule has 0 saturated carbocycles. The lowest BCUT2D eigenvalue weighted by molar-refractivity contribution is -0.137. The Kier molecular flexibility index (Phi) is 3.58. The van der Waals surface area contributed by atoms with Crippen LogP contribution >= 0.6 is 0 Å². The molecule has 1 N–H and O–H groups in total. The van der Waals surface area contributed by atoms with Crippen LogP contribution in [0.25, 0.3) is 22.0 Å². The van der Waals surface area contributed by atoms with Gasteiger partial charge in [0.2, 0.25) is 0 Å². The van der Waals surface area contributed by atoms with E-state index in [0.29, 0.717) is 0 Å². The van der Waals surface area contributed by atoms with Gasteiger partial charge in [-0.15, -0.1) is 0 Å². The number of rotatable bonds is 4. The van der Waals surface area contributed by atoms with Crippen molar-refractivity contribution in [2.45, 2.75) is 26.8 Å². The molecule has 0 saturated heterocycles. The molecule has 0 aliphatic rings. The van der Waals surface area contributed by atoms with Crippen molar-refractivity contribution in [3.63, 3.8) is 0 Å². The van der Waals surface area contributed by atoms with E-state index in [2.05, 4.69) is 15.1 Å².